The quantitative estimate of drug-likeness (QED) is 0.494. The maximum Gasteiger partial charge on any atom is 0.257 e. The Morgan fingerprint density at radius 2 is 1.92 bits per heavy atom. The summed E-state index contributed by atoms with van der Waals surface area (Å²) in [5, 5.41) is 13.8. The molecule has 1 saturated heterocycles. The van der Waals surface area contributed by atoms with Gasteiger partial charge in [-0.05, 0) is 67.9 Å². The van der Waals surface area contributed by atoms with E-state index in [9.17, 15) is 9.59 Å². The highest BCUT2D eigenvalue weighted by atomic mass is 16.2. The Balaban J connectivity index is 1.25. The zero-order valence-electron chi connectivity index (χ0n) is 22.0. The van der Waals surface area contributed by atoms with Gasteiger partial charge in [0.15, 0.2) is 0 Å². The predicted molar refractivity (Wildman–Crippen MR) is 148 cm³/mol. The minimum absolute atomic E-state index is 0.0367. The number of carbonyl (C=O) groups is 2. The van der Waals surface area contributed by atoms with Crippen molar-refractivity contribution >= 4 is 28.9 Å². The minimum atomic E-state index is -0.226. The van der Waals surface area contributed by atoms with Gasteiger partial charge in [0, 0.05) is 42.0 Å². The van der Waals surface area contributed by atoms with Crippen molar-refractivity contribution in [3.05, 3.63) is 76.7 Å². The molecule has 3 aliphatic heterocycles. The first-order chi connectivity index (χ1) is 18.3. The van der Waals surface area contributed by atoms with Crippen molar-refractivity contribution < 1.29 is 9.59 Å². The van der Waals surface area contributed by atoms with Crippen molar-refractivity contribution in [2.24, 2.45) is 0 Å². The first-order valence-electron chi connectivity index (χ1n) is 13.2. The molecule has 3 aromatic rings. The molecule has 0 saturated carbocycles. The van der Waals surface area contributed by atoms with Gasteiger partial charge in [0.1, 0.15) is 5.82 Å². The second-order valence-corrected chi connectivity index (χ2v) is 11.1. The molecule has 3 aliphatic rings. The van der Waals surface area contributed by atoms with E-state index in [0.717, 1.165) is 54.0 Å². The Hall–Kier alpha value is -3.98. The van der Waals surface area contributed by atoms with Gasteiger partial charge in [0.2, 0.25) is 0 Å². The molecule has 0 unspecified atom stereocenters. The van der Waals surface area contributed by atoms with Crippen molar-refractivity contribution in [1.82, 2.24) is 25.0 Å². The third kappa shape index (κ3) is 4.47. The van der Waals surface area contributed by atoms with E-state index in [4.69, 9.17) is 0 Å². The van der Waals surface area contributed by atoms with Crippen molar-refractivity contribution in [1.29, 1.82) is 0 Å². The lowest BCUT2D eigenvalue weighted by atomic mass is 9.77. The number of likely N-dealkylation sites (tertiary alicyclic amines) is 1. The molecule has 1 fully saturated rings. The Labute approximate surface area is 222 Å². The number of rotatable bonds is 4. The summed E-state index contributed by atoms with van der Waals surface area (Å²) in [5.41, 5.74) is 5.60. The largest absolute Gasteiger partial charge is 0.366 e. The third-order valence-corrected chi connectivity index (χ3v) is 7.93. The number of hydrogen-bond donors (Lipinski definition) is 3. The van der Waals surface area contributed by atoms with Gasteiger partial charge in [-0.1, -0.05) is 26.0 Å². The number of aromatic nitrogens is 3. The first-order valence-corrected chi connectivity index (χ1v) is 13.2. The Bertz CT molecular complexity index is 1450. The van der Waals surface area contributed by atoms with Crippen LogP contribution in [0.1, 0.15) is 70.1 Å². The zero-order valence-corrected chi connectivity index (χ0v) is 22.0. The molecule has 5 heterocycles. The summed E-state index contributed by atoms with van der Waals surface area (Å²) in [5.74, 6) is 0.477. The van der Waals surface area contributed by atoms with E-state index in [2.05, 4.69) is 64.0 Å². The van der Waals surface area contributed by atoms with E-state index in [1.54, 1.807) is 12.4 Å². The number of fused-ring (bicyclic) bond motifs is 2. The van der Waals surface area contributed by atoms with Gasteiger partial charge < -0.3 is 20.9 Å². The minimum Gasteiger partial charge on any atom is -0.366 e. The molecule has 3 N–H and O–H groups in total. The van der Waals surface area contributed by atoms with E-state index < -0.39 is 0 Å². The molecule has 0 atom stereocenters. The Morgan fingerprint density at radius 1 is 1.11 bits per heavy atom. The number of piperidine rings is 1. The molecule has 2 amide bonds. The van der Waals surface area contributed by atoms with Gasteiger partial charge in [-0.2, -0.15) is 5.10 Å². The van der Waals surface area contributed by atoms with Gasteiger partial charge in [-0.15, -0.1) is 0 Å². The molecule has 0 spiro atoms. The van der Waals surface area contributed by atoms with E-state index in [1.807, 2.05) is 29.1 Å². The second-order valence-electron chi connectivity index (χ2n) is 11.1. The topological polar surface area (TPSA) is 104 Å². The molecule has 196 valence electrons. The molecule has 0 bridgehead atoms. The lowest BCUT2D eigenvalue weighted by Gasteiger charge is -2.33. The predicted octanol–water partition coefficient (Wildman–Crippen LogP) is 3.68. The fourth-order valence-electron chi connectivity index (χ4n) is 5.59. The van der Waals surface area contributed by atoms with Crippen LogP contribution in [0.5, 0.6) is 0 Å². The van der Waals surface area contributed by atoms with Crippen molar-refractivity contribution in [3.63, 3.8) is 0 Å². The van der Waals surface area contributed by atoms with Gasteiger partial charge in [0.25, 0.3) is 11.8 Å². The number of amides is 2. The van der Waals surface area contributed by atoms with Gasteiger partial charge in [-0.25, -0.2) is 4.98 Å². The summed E-state index contributed by atoms with van der Waals surface area (Å²) in [6.45, 7) is 7.60. The molecule has 38 heavy (non-hydrogen) atoms. The summed E-state index contributed by atoms with van der Waals surface area (Å²) in [6.07, 6.45) is 9.43. The summed E-state index contributed by atoms with van der Waals surface area (Å²) >= 11 is 0. The van der Waals surface area contributed by atoms with Crippen LogP contribution in [0, 0.1) is 0 Å². The van der Waals surface area contributed by atoms with E-state index in [-0.39, 0.29) is 17.2 Å². The monoisotopic (exact) mass is 511 g/mol. The molecule has 9 nitrogen and oxygen atoms in total. The van der Waals surface area contributed by atoms with Crippen LogP contribution in [0.25, 0.3) is 5.57 Å². The number of hydrogen-bond acceptors (Lipinski definition) is 6. The molecular formula is C29H33N7O2. The SMILES string of the molecule is CN1CCC(n2cc(NC(=O)c3cnc4c(c3)C(c3ccc5c(c3)C(C)(C)CNC5=O)=CCN4)cn2)CC1. The van der Waals surface area contributed by atoms with E-state index >= 15 is 0 Å². The fourth-order valence-corrected chi connectivity index (χ4v) is 5.59. The van der Waals surface area contributed by atoms with Crippen LogP contribution in [-0.4, -0.2) is 64.7 Å². The van der Waals surface area contributed by atoms with Crippen molar-refractivity contribution in [2.75, 3.05) is 43.9 Å². The lowest BCUT2D eigenvalue weighted by Crippen LogP contribution is -2.43. The first kappa shape index (κ1) is 24.4. The summed E-state index contributed by atoms with van der Waals surface area (Å²) in [4.78, 5) is 32.5. The van der Waals surface area contributed by atoms with Gasteiger partial charge in [0.05, 0.1) is 23.5 Å². The standard InChI is InChI=1S/C29H33N7O2/c1-29(2)17-32-28(38)23-5-4-18(13-25(23)29)22-6-9-30-26-24(22)12-19(14-31-26)27(37)34-20-15-33-36(16-20)21-7-10-35(3)11-8-21/h4-6,12-16,21H,7-11,17H2,1-3H3,(H,30,31)(H,32,38)(H,34,37). The highest BCUT2D eigenvalue weighted by Gasteiger charge is 2.32. The molecule has 9 heteroatoms. The smallest absolute Gasteiger partial charge is 0.257 e. The van der Waals surface area contributed by atoms with Crippen molar-refractivity contribution in [2.45, 2.75) is 38.1 Å². The maximum absolute atomic E-state index is 13.2. The summed E-state index contributed by atoms with van der Waals surface area (Å²) in [6, 6.07) is 8.22. The number of benzene rings is 1. The maximum atomic E-state index is 13.2. The van der Waals surface area contributed by atoms with Gasteiger partial charge >= 0.3 is 0 Å². The molecule has 6 rings (SSSR count). The van der Waals surface area contributed by atoms with Crippen LogP contribution in [0.4, 0.5) is 11.5 Å². The molecule has 1 aromatic carbocycles. The summed E-state index contributed by atoms with van der Waals surface area (Å²) < 4.78 is 1.97. The van der Waals surface area contributed by atoms with Crippen LogP contribution in [-0.2, 0) is 5.41 Å². The van der Waals surface area contributed by atoms with Crippen LogP contribution >= 0.6 is 0 Å². The van der Waals surface area contributed by atoms with Crippen LogP contribution in [0.2, 0.25) is 0 Å². The lowest BCUT2D eigenvalue weighted by molar-refractivity contribution is 0.0929. The number of anilines is 2. The third-order valence-electron chi connectivity index (χ3n) is 7.93. The molecule has 0 aliphatic carbocycles. The molecular weight excluding hydrogens is 478 g/mol. The average molecular weight is 512 g/mol. The Kier molecular flexibility index (Phi) is 6.03. The molecule has 2 aromatic heterocycles. The highest BCUT2D eigenvalue weighted by Crippen LogP contribution is 2.36. The fraction of sp³-hybridized carbons (Fsp3) is 0.379. The van der Waals surface area contributed by atoms with Crippen LogP contribution < -0.4 is 16.0 Å². The number of pyridine rings is 1. The average Bonchev–Trinajstić information content (AvgIpc) is 3.39. The number of carbonyl (C=O) groups excluding carboxylic acids is 2. The normalized spacial score (nSPS) is 19.0. The number of nitrogens with one attached hydrogen (secondary N) is 3. The van der Waals surface area contributed by atoms with Gasteiger partial charge in [-0.3, -0.25) is 14.3 Å². The van der Waals surface area contributed by atoms with Crippen LogP contribution in [0.15, 0.2) is 48.9 Å². The van der Waals surface area contributed by atoms with E-state index in [1.165, 1.54) is 0 Å². The second kappa shape index (κ2) is 9.40. The Morgan fingerprint density at radius 3 is 2.74 bits per heavy atom. The molecule has 0 radical (unpaired) electrons. The van der Waals surface area contributed by atoms with Crippen molar-refractivity contribution in [3.8, 4) is 0 Å². The van der Waals surface area contributed by atoms with Crippen LogP contribution in [0.3, 0.4) is 0 Å². The summed E-state index contributed by atoms with van der Waals surface area (Å²) in [7, 11) is 2.14. The zero-order chi connectivity index (χ0) is 26.4. The highest BCUT2D eigenvalue weighted by molar-refractivity contribution is 6.05. The van der Waals surface area contributed by atoms with E-state index in [0.29, 0.717) is 35.9 Å². The number of nitrogens with zero attached hydrogens (tertiary/aromatic N) is 4.